The van der Waals surface area contributed by atoms with Crippen molar-refractivity contribution in [3.63, 3.8) is 0 Å². The summed E-state index contributed by atoms with van der Waals surface area (Å²) >= 11 is 0. The molecule has 136 valence electrons. The Morgan fingerprint density at radius 3 is 2.50 bits per heavy atom. The van der Waals surface area contributed by atoms with Crippen LogP contribution in [0.4, 0.5) is 18.9 Å². The highest BCUT2D eigenvalue weighted by molar-refractivity contribution is 7.92. The van der Waals surface area contributed by atoms with E-state index in [0.29, 0.717) is 15.5 Å². The number of fused-ring (bicyclic) bond motifs is 1. The van der Waals surface area contributed by atoms with Crippen molar-refractivity contribution in [2.24, 2.45) is 0 Å². The van der Waals surface area contributed by atoms with Crippen molar-refractivity contribution in [2.75, 3.05) is 4.72 Å². The average molecular weight is 382 g/mol. The van der Waals surface area contributed by atoms with E-state index in [1.54, 1.807) is 24.3 Å². The molecule has 1 fully saturated rings. The first-order chi connectivity index (χ1) is 12.2. The summed E-state index contributed by atoms with van der Waals surface area (Å²) in [4.78, 5) is 7.81. The lowest BCUT2D eigenvalue weighted by atomic mass is 10.2. The van der Waals surface area contributed by atoms with Gasteiger partial charge < -0.3 is 4.57 Å². The monoisotopic (exact) mass is 382 g/mol. The molecule has 4 rings (SSSR count). The lowest BCUT2D eigenvalue weighted by Crippen LogP contribution is -2.36. The minimum Gasteiger partial charge on any atom is -0.305 e. The lowest BCUT2D eigenvalue weighted by Gasteiger charge is -2.22. The predicted molar refractivity (Wildman–Crippen MR) is 88.0 cm³/mol. The molecule has 0 saturated heterocycles. The van der Waals surface area contributed by atoms with Crippen molar-refractivity contribution in [1.29, 1.82) is 0 Å². The van der Waals surface area contributed by atoms with Crippen LogP contribution in [-0.4, -0.2) is 29.1 Å². The van der Waals surface area contributed by atoms with Crippen molar-refractivity contribution < 1.29 is 21.6 Å². The zero-order valence-electron chi connectivity index (χ0n) is 13.2. The molecule has 1 saturated carbocycles. The van der Waals surface area contributed by atoms with Gasteiger partial charge in [0, 0.05) is 24.0 Å². The number of halogens is 3. The Bertz CT molecular complexity index is 1080. The number of aromatic nitrogens is 3. The largest absolute Gasteiger partial charge is 0.412 e. The van der Waals surface area contributed by atoms with Crippen molar-refractivity contribution in [2.45, 2.75) is 29.7 Å². The van der Waals surface area contributed by atoms with Crippen LogP contribution in [0.1, 0.15) is 12.8 Å². The van der Waals surface area contributed by atoms with E-state index in [1.807, 2.05) is 0 Å². The van der Waals surface area contributed by atoms with E-state index in [-0.39, 0.29) is 18.5 Å². The zero-order chi connectivity index (χ0) is 18.6. The predicted octanol–water partition coefficient (Wildman–Crippen LogP) is 3.28. The minimum atomic E-state index is -4.56. The summed E-state index contributed by atoms with van der Waals surface area (Å²) in [5.41, 5.74) is -1.63. The van der Waals surface area contributed by atoms with Crippen LogP contribution >= 0.6 is 0 Å². The second-order valence-electron chi connectivity index (χ2n) is 6.10. The van der Waals surface area contributed by atoms with Crippen LogP contribution in [-0.2, 0) is 15.6 Å². The third-order valence-corrected chi connectivity index (χ3v) is 5.71. The molecule has 1 aliphatic carbocycles. The van der Waals surface area contributed by atoms with Gasteiger partial charge in [0.2, 0.25) is 5.16 Å². The molecule has 26 heavy (non-hydrogen) atoms. The highest BCUT2D eigenvalue weighted by Crippen LogP contribution is 2.56. The zero-order valence-corrected chi connectivity index (χ0v) is 14.0. The van der Waals surface area contributed by atoms with Crippen LogP contribution in [0.5, 0.6) is 0 Å². The number of benzene rings is 1. The smallest absolute Gasteiger partial charge is 0.305 e. The molecule has 0 bridgehead atoms. The number of sulfonamides is 1. The van der Waals surface area contributed by atoms with Gasteiger partial charge in [-0.1, -0.05) is 18.2 Å². The summed E-state index contributed by atoms with van der Waals surface area (Å²) in [5.74, 6) is 0. The molecule has 0 atom stereocenters. The SMILES string of the molecule is O=S(=O)(Nc1cccc2cccnc12)c1nccn1C1(C(F)(F)F)CC1. The van der Waals surface area contributed by atoms with Crippen LogP contribution < -0.4 is 4.72 Å². The van der Waals surface area contributed by atoms with E-state index < -0.39 is 26.9 Å². The van der Waals surface area contributed by atoms with E-state index in [0.717, 1.165) is 12.4 Å². The molecule has 0 radical (unpaired) electrons. The maximum atomic E-state index is 13.4. The molecule has 10 heteroatoms. The molecular formula is C16H13F3N4O2S. The van der Waals surface area contributed by atoms with Gasteiger partial charge in [-0.25, -0.2) is 4.98 Å². The summed E-state index contributed by atoms with van der Waals surface area (Å²) < 4.78 is 68.7. The molecule has 3 aromatic rings. The van der Waals surface area contributed by atoms with Crippen molar-refractivity contribution in [3.8, 4) is 0 Å². The Morgan fingerprint density at radius 1 is 1.08 bits per heavy atom. The maximum absolute atomic E-state index is 13.4. The number of nitrogens with one attached hydrogen (secondary N) is 1. The third-order valence-electron chi connectivity index (χ3n) is 4.44. The fraction of sp³-hybridized carbons (Fsp3) is 0.250. The van der Waals surface area contributed by atoms with E-state index >= 15 is 0 Å². The molecule has 2 heterocycles. The van der Waals surface area contributed by atoms with E-state index in [4.69, 9.17) is 0 Å². The molecule has 0 unspecified atom stereocenters. The van der Waals surface area contributed by atoms with Crippen molar-refractivity contribution in [1.82, 2.24) is 14.5 Å². The first kappa shape index (κ1) is 16.8. The Morgan fingerprint density at radius 2 is 1.81 bits per heavy atom. The van der Waals surface area contributed by atoms with Gasteiger partial charge in [0.05, 0.1) is 11.2 Å². The molecule has 1 N–H and O–H groups in total. The minimum absolute atomic E-state index is 0.175. The Labute approximate surface area is 146 Å². The van der Waals surface area contributed by atoms with Crippen LogP contribution in [0, 0.1) is 0 Å². The third kappa shape index (κ3) is 2.52. The van der Waals surface area contributed by atoms with Gasteiger partial charge in [-0.05, 0) is 25.0 Å². The number of para-hydroxylation sites is 1. The fourth-order valence-corrected chi connectivity index (χ4v) is 4.21. The quantitative estimate of drug-likeness (QED) is 0.751. The molecule has 6 nitrogen and oxygen atoms in total. The standard InChI is InChI=1S/C16H13F3N4O2S/c17-16(18,19)15(6-7-15)23-10-9-21-14(23)26(24,25)22-12-5-1-3-11-4-2-8-20-13(11)12/h1-5,8-10,22H,6-7H2. The highest BCUT2D eigenvalue weighted by Gasteiger charge is 2.66. The van der Waals surface area contributed by atoms with Gasteiger partial charge >= 0.3 is 6.18 Å². The summed E-state index contributed by atoms with van der Waals surface area (Å²) in [6.45, 7) is 0. The second kappa shape index (κ2) is 5.44. The number of hydrogen-bond acceptors (Lipinski definition) is 4. The topological polar surface area (TPSA) is 76.9 Å². The molecule has 0 spiro atoms. The summed E-state index contributed by atoms with van der Waals surface area (Å²) in [6, 6.07) is 8.34. The van der Waals surface area contributed by atoms with Gasteiger partial charge in [-0.3, -0.25) is 9.71 Å². The molecular weight excluding hydrogens is 369 g/mol. The number of rotatable bonds is 4. The number of imidazole rings is 1. The maximum Gasteiger partial charge on any atom is 0.412 e. The second-order valence-corrected chi connectivity index (χ2v) is 7.67. The van der Waals surface area contributed by atoms with E-state index in [2.05, 4.69) is 14.7 Å². The summed E-state index contributed by atoms with van der Waals surface area (Å²) in [7, 11) is -4.33. The van der Waals surface area contributed by atoms with Crippen LogP contribution in [0.25, 0.3) is 10.9 Å². The van der Waals surface area contributed by atoms with Crippen molar-refractivity contribution >= 4 is 26.6 Å². The average Bonchev–Trinajstić information content (AvgIpc) is 3.25. The van der Waals surface area contributed by atoms with Gasteiger partial charge in [0.1, 0.15) is 5.54 Å². The van der Waals surface area contributed by atoms with Crippen LogP contribution in [0.15, 0.2) is 54.1 Å². The highest BCUT2D eigenvalue weighted by atomic mass is 32.2. The first-order valence-electron chi connectivity index (χ1n) is 7.72. The lowest BCUT2D eigenvalue weighted by molar-refractivity contribution is -0.181. The Kier molecular flexibility index (Phi) is 3.52. The van der Waals surface area contributed by atoms with Gasteiger partial charge in [0.15, 0.2) is 0 Å². The normalized spacial score (nSPS) is 16.6. The van der Waals surface area contributed by atoms with Gasteiger partial charge in [0.25, 0.3) is 10.0 Å². The summed E-state index contributed by atoms with van der Waals surface area (Å²) in [6.07, 6.45) is -1.29. The number of nitrogens with zero attached hydrogens (tertiary/aromatic N) is 3. The number of anilines is 1. The van der Waals surface area contributed by atoms with Crippen molar-refractivity contribution in [3.05, 3.63) is 48.9 Å². The number of hydrogen-bond donors (Lipinski definition) is 1. The molecule has 1 aromatic carbocycles. The van der Waals surface area contributed by atoms with Crippen LogP contribution in [0.2, 0.25) is 0 Å². The number of pyridine rings is 1. The molecule has 2 aromatic heterocycles. The first-order valence-corrected chi connectivity index (χ1v) is 9.20. The van der Waals surface area contributed by atoms with Crippen LogP contribution in [0.3, 0.4) is 0 Å². The van der Waals surface area contributed by atoms with Gasteiger partial charge in [-0.15, -0.1) is 0 Å². The summed E-state index contributed by atoms with van der Waals surface area (Å²) in [5, 5.41) is 0.0326. The molecule has 0 amide bonds. The van der Waals surface area contributed by atoms with E-state index in [1.165, 1.54) is 12.3 Å². The van der Waals surface area contributed by atoms with Gasteiger partial charge in [-0.2, -0.15) is 21.6 Å². The Hall–Kier alpha value is -2.62. The Balaban J connectivity index is 1.77. The fourth-order valence-electron chi connectivity index (χ4n) is 2.97. The van der Waals surface area contributed by atoms with E-state index in [9.17, 15) is 21.6 Å². The molecule has 0 aliphatic heterocycles. The number of alkyl halides is 3. The molecule has 1 aliphatic rings.